The standard InChI is InChI=1S/C20H17BrCl2O6/c1-26-17-8-11(6-14(19(24)27-2)20(25)28-3)7-15(21)18(17)29-10-12-4-5-13(22)9-16(12)23/h4-9H,10H2,1-3H3. The Labute approximate surface area is 186 Å². The molecule has 0 aliphatic heterocycles. The van der Waals surface area contributed by atoms with E-state index in [1.54, 1.807) is 30.3 Å². The lowest BCUT2D eigenvalue weighted by atomic mass is 10.1. The zero-order valence-electron chi connectivity index (χ0n) is 15.8. The molecule has 0 amide bonds. The summed E-state index contributed by atoms with van der Waals surface area (Å²) in [7, 11) is 3.82. The highest BCUT2D eigenvalue weighted by atomic mass is 79.9. The Bertz CT molecular complexity index is 940. The van der Waals surface area contributed by atoms with Crippen molar-refractivity contribution in [1.29, 1.82) is 0 Å². The van der Waals surface area contributed by atoms with Crippen LogP contribution in [0.3, 0.4) is 0 Å². The van der Waals surface area contributed by atoms with E-state index in [0.717, 1.165) is 5.56 Å². The van der Waals surface area contributed by atoms with Gasteiger partial charge in [0.15, 0.2) is 11.5 Å². The summed E-state index contributed by atoms with van der Waals surface area (Å²) in [5, 5.41) is 1.01. The number of methoxy groups -OCH3 is 3. The van der Waals surface area contributed by atoms with Crippen LogP contribution >= 0.6 is 39.1 Å². The lowest BCUT2D eigenvalue weighted by molar-refractivity contribution is -0.143. The van der Waals surface area contributed by atoms with Crippen LogP contribution in [-0.2, 0) is 25.7 Å². The van der Waals surface area contributed by atoms with Gasteiger partial charge in [-0.1, -0.05) is 29.3 Å². The molecule has 0 N–H and O–H groups in total. The van der Waals surface area contributed by atoms with Gasteiger partial charge in [-0.15, -0.1) is 0 Å². The van der Waals surface area contributed by atoms with E-state index in [9.17, 15) is 9.59 Å². The maximum Gasteiger partial charge on any atom is 0.345 e. The van der Waals surface area contributed by atoms with Crippen LogP contribution < -0.4 is 9.47 Å². The van der Waals surface area contributed by atoms with Crippen LogP contribution in [0.4, 0.5) is 0 Å². The van der Waals surface area contributed by atoms with E-state index in [1.165, 1.54) is 27.4 Å². The first-order chi connectivity index (χ1) is 13.8. The molecule has 0 spiro atoms. The molecule has 0 saturated heterocycles. The molecular formula is C20H17BrCl2O6. The molecule has 6 nitrogen and oxygen atoms in total. The number of hydrogen-bond acceptors (Lipinski definition) is 6. The van der Waals surface area contributed by atoms with Crippen molar-refractivity contribution in [1.82, 2.24) is 0 Å². The summed E-state index contributed by atoms with van der Waals surface area (Å²) in [6, 6.07) is 8.38. The van der Waals surface area contributed by atoms with Gasteiger partial charge in [0.1, 0.15) is 12.2 Å². The Morgan fingerprint density at radius 2 is 1.69 bits per heavy atom. The van der Waals surface area contributed by atoms with Gasteiger partial charge in [0.25, 0.3) is 0 Å². The zero-order chi connectivity index (χ0) is 21.6. The Morgan fingerprint density at radius 3 is 2.24 bits per heavy atom. The molecule has 0 aromatic heterocycles. The normalized spacial score (nSPS) is 10.1. The highest BCUT2D eigenvalue weighted by molar-refractivity contribution is 9.10. The van der Waals surface area contributed by atoms with Crippen molar-refractivity contribution in [2.75, 3.05) is 21.3 Å². The van der Waals surface area contributed by atoms with E-state index in [2.05, 4.69) is 25.4 Å². The predicted molar refractivity (Wildman–Crippen MR) is 113 cm³/mol. The molecule has 0 aliphatic rings. The molecule has 29 heavy (non-hydrogen) atoms. The summed E-state index contributed by atoms with van der Waals surface area (Å²) in [5.41, 5.74) is 0.981. The second kappa shape index (κ2) is 10.5. The minimum absolute atomic E-state index is 0.176. The Kier molecular flexibility index (Phi) is 8.37. The fourth-order valence-corrected chi connectivity index (χ4v) is 3.38. The zero-order valence-corrected chi connectivity index (χ0v) is 18.9. The highest BCUT2D eigenvalue weighted by Gasteiger charge is 2.21. The van der Waals surface area contributed by atoms with Gasteiger partial charge in [0.05, 0.1) is 25.8 Å². The Morgan fingerprint density at radius 1 is 1.03 bits per heavy atom. The number of ether oxygens (including phenoxy) is 4. The average molecular weight is 504 g/mol. The van der Waals surface area contributed by atoms with Gasteiger partial charge in [-0.2, -0.15) is 0 Å². The van der Waals surface area contributed by atoms with Crippen molar-refractivity contribution < 1.29 is 28.5 Å². The fourth-order valence-electron chi connectivity index (χ4n) is 2.34. The first kappa shape index (κ1) is 23.1. The minimum Gasteiger partial charge on any atom is -0.493 e. The summed E-state index contributed by atoms with van der Waals surface area (Å²) in [5.74, 6) is -0.826. The molecule has 2 aromatic carbocycles. The monoisotopic (exact) mass is 502 g/mol. The quantitative estimate of drug-likeness (QED) is 0.227. The maximum atomic E-state index is 11.9. The number of halogens is 3. The second-order valence-corrected chi connectivity index (χ2v) is 7.30. The predicted octanol–water partition coefficient (Wildman–Crippen LogP) is 5.07. The molecule has 0 unspecified atom stereocenters. The van der Waals surface area contributed by atoms with E-state index in [0.29, 0.717) is 31.6 Å². The molecule has 9 heteroatoms. The largest absolute Gasteiger partial charge is 0.493 e. The number of esters is 2. The average Bonchev–Trinajstić information content (AvgIpc) is 2.70. The fraction of sp³-hybridized carbons (Fsp3) is 0.200. The van der Waals surface area contributed by atoms with E-state index in [-0.39, 0.29) is 12.2 Å². The van der Waals surface area contributed by atoms with Crippen LogP contribution in [0.1, 0.15) is 11.1 Å². The Balaban J connectivity index is 2.36. The van der Waals surface area contributed by atoms with Crippen molar-refractivity contribution in [2.24, 2.45) is 0 Å². The lowest BCUT2D eigenvalue weighted by Gasteiger charge is -2.14. The number of hydrogen-bond donors (Lipinski definition) is 0. The molecule has 0 fully saturated rings. The first-order valence-corrected chi connectivity index (χ1v) is 9.68. The molecular weight excluding hydrogens is 487 g/mol. The van der Waals surface area contributed by atoms with Crippen molar-refractivity contribution in [3.05, 3.63) is 61.5 Å². The maximum absolute atomic E-state index is 11.9. The van der Waals surface area contributed by atoms with Crippen LogP contribution in [0.15, 0.2) is 40.4 Å². The van der Waals surface area contributed by atoms with Crippen LogP contribution in [0, 0.1) is 0 Å². The van der Waals surface area contributed by atoms with Crippen LogP contribution in [0.25, 0.3) is 6.08 Å². The van der Waals surface area contributed by atoms with E-state index in [1.807, 2.05) is 0 Å². The summed E-state index contributed by atoms with van der Waals surface area (Å²) in [4.78, 5) is 23.7. The number of benzene rings is 2. The molecule has 0 radical (unpaired) electrons. The van der Waals surface area contributed by atoms with E-state index < -0.39 is 11.9 Å². The minimum atomic E-state index is -0.815. The molecule has 0 aliphatic carbocycles. The van der Waals surface area contributed by atoms with Gasteiger partial charge in [-0.3, -0.25) is 0 Å². The molecule has 0 heterocycles. The van der Waals surface area contributed by atoms with E-state index >= 15 is 0 Å². The summed E-state index contributed by atoms with van der Waals surface area (Å²) in [6.45, 7) is 0.176. The molecule has 0 saturated carbocycles. The molecule has 2 rings (SSSR count). The summed E-state index contributed by atoms with van der Waals surface area (Å²) in [6.07, 6.45) is 1.34. The molecule has 0 bridgehead atoms. The number of carbonyl (C=O) groups is 2. The van der Waals surface area contributed by atoms with E-state index in [4.69, 9.17) is 32.7 Å². The van der Waals surface area contributed by atoms with Crippen molar-refractivity contribution in [3.8, 4) is 11.5 Å². The van der Waals surface area contributed by atoms with Crippen molar-refractivity contribution in [2.45, 2.75) is 6.61 Å². The van der Waals surface area contributed by atoms with Crippen LogP contribution in [0.5, 0.6) is 11.5 Å². The van der Waals surface area contributed by atoms with Gasteiger partial charge in [0.2, 0.25) is 0 Å². The van der Waals surface area contributed by atoms with Crippen LogP contribution in [-0.4, -0.2) is 33.3 Å². The third kappa shape index (κ3) is 5.88. The summed E-state index contributed by atoms with van der Waals surface area (Å²) < 4.78 is 21.0. The smallest absolute Gasteiger partial charge is 0.345 e. The SMILES string of the molecule is COC(=O)C(=Cc1cc(Br)c(OCc2ccc(Cl)cc2Cl)c(OC)c1)C(=O)OC. The van der Waals surface area contributed by atoms with Crippen molar-refractivity contribution >= 4 is 57.1 Å². The molecule has 2 aromatic rings. The van der Waals surface area contributed by atoms with Gasteiger partial charge in [-0.25, -0.2) is 9.59 Å². The van der Waals surface area contributed by atoms with Crippen LogP contribution in [0.2, 0.25) is 10.0 Å². The Hall–Kier alpha value is -2.22. The third-order valence-electron chi connectivity index (χ3n) is 3.76. The first-order valence-electron chi connectivity index (χ1n) is 8.13. The van der Waals surface area contributed by atoms with Gasteiger partial charge >= 0.3 is 11.9 Å². The summed E-state index contributed by atoms with van der Waals surface area (Å²) >= 11 is 15.5. The van der Waals surface area contributed by atoms with Crippen molar-refractivity contribution in [3.63, 3.8) is 0 Å². The van der Waals surface area contributed by atoms with Gasteiger partial charge in [-0.05, 0) is 51.8 Å². The number of carbonyl (C=O) groups excluding carboxylic acids is 2. The second-order valence-electron chi connectivity index (χ2n) is 5.60. The van der Waals surface area contributed by atoms with Gasteiger partial charge < -0.3 is 18.9 Å². The number of rotatable bonds is 7. The lowest BCUT2D eigenvalue weighted by Crippen LogP contribution is -2.15. The third-order valence-corrected chi connectivity index (χ3v) is 4.94. The molecule has 154 valence electrons. The topological polar surface area (TPSA) is 71.1 Å². The molecule has 0 atom stereocenters. The highest BCUT2D eigenvalue weighted by Crippen LogP contribution is 2.38. The van der Waals surface area contributed by atoms with Gasteiger partial charge in [0, 0.05) is 15.6 Å².